The maximum absolute atomic E-state index is 11.4. The van der Waals surface area contributed by atoms with E-state index in [1.165, 1.54) is 0 Å². The molecule has 0 aromatic heterocycles. The monoisotopic (exact) mass is 226 g/mol. The third kappa shape index (κ3) is 2.10. The van der Waals surface area contributed by atoms with E-state index in [1.807, 2.05) is 0 Å². The fourth-order valence-electron chi connectivity index (χ4n) is 1.47. The van der Waals surface area contributed by atoms with Crippen molar-refractivity contribution in [3.8, 4) is 0 Å². The molecule has 0 atom stereocenters. The third-order valence-corrected chi connectivity index (χ3v) is 2.53. The first-order valence-electron chi connectivity index (χ1n) is 4.23. The molecule has 1 saturated heterocycles. The van der Waals surface area contributed by atoms with Gasteiger partial charge in [-0.05, 0) is 12.8 Å². The van der Waals surface area contributed by atoms with Crippen molar-refractivity contribution in [3.63, 3.8) is 0 Å². The molecule has 0 aliphatic carbocycles. The van der Waals surface area contributed by atoms with Gasteiger partial charge in [0.1, 0.15) is 5.41 Å². The zero-order valence-electron chi connectivity index (χ0n) is 7.64. The van der Waals surface area contributed by atoms with Crippen molar-refractivity contribution >= 4 is 55.6 Å². The molecular formula is C8H14CaN2O3. The summed E-state index contributed by atoms with van der Waals surface area (Å²) in [4.78, 5) is 33.6. The van der Waals surface area contributed by atoms with Crippen molar-refractivity contribution in [1.29, 1.82) is 0 Å². The first-order chi connectivity index (χ1) is 6.06. The van der Waals surface area contributed by atoms with Crippen molar-refractivity contribution in [3.05, 3.63) is 0 Å². The molecular weight excluding hydrogens is 212 g/mol. The van der Waals surface area contributed by atoms with E-state index in [2.05, 4.69) is 10.6 Å². The molecule has 0 aromatic carbocycles. The molecule has 1 aliphatic heterocycles. The van der Waals surface area contributed by atoms with Crippen LogP contribution in [0.25, 0.3) is 0 Å². The van der Waals surface area contributed by atoms with Crippen molar-refractivity contribution in [2.75, 3.05) is 0 Å². The summed E-state index contributed by atoms with van der Waals surface area (Å²) < 4.78 is 0. The second-order valence-electron chi connectivity index (χ2n) is 3.03. The van der Waals surface area contributed by atoms with Crippen LogP contribution in [0.3, 0.4) is 0 Å². The number of hydrogen-bond donors (Lipinski definition) is 2. The number of carbonyl (C=O) groups excluding carboxylic acids is 3. The molecule has 0 aromatic rings. The van der Waals surface area contributed by atoms with Crippen LogP contribution in [-0.4, -0.2) is 55.6 Å². The predicted octanol–water partition coefficient (Wildman–Crippen LogP) is -0.757. The standard InChI is InChI=1S/C8H12N2O3.Ca.2H/c1-3-8(4-2)5(11)9-7(13)10-6(8)12;;;/h3-4H2,1-2H3,(H2,9,10,11,12,13);;;. The number of amides is 4. The Bertz CT molecular complexity index is 252. The maximum atomic E-state index is 11.4. The first-order valence-corrected chi connectivity index (χ1v) is 4.23. The van der Waals surface area contributed by atoms with Gasteiger partial charge in [0.25, 0.3) is 0 Å². The summed E-state index contributed by atoms with van der Waals surface area (Å²) in [5.41, 5.74) is -1.06. The number of barbiturate groups is 1. The molecule has 0 bridgehead atoms. The summed E-state index contributed by atoms with van der Waals surface area (Å²) in [5, 5.41) is 4.19. The Kier molecular flexibility index (Phi) is 5.04. The van der Waals surface area contributed by atoms with E-state index in [0.29, 0.717) is 12.8 Å². The molecule has 1 fully saturated rings. The van der Waals surface area contributed by atoms with E-state index in [9.17, 15) is 14.4 Å². The zero-order valence-corrected chi connectivity index (χ0v) is 7.64. The Morgan fingerprint density at radius 1 is 1.00 bits per heavy atom. The predicted molar refractivity (Wildman–Crippen MR) is 53.2 cm³/mol. The van der Waals surface area contributed by atoms with E-state index in [4.69, 9.17) is 0 Å². The van der Waals surface area contributed by atoms with Crippen molar-refractivity contribution in [2.24, 2.45) is 5.41 Å². The summed E-state index contributed by atoms with van der Waals surface area (Å²) in [5.74, 6) is -0.988. The van der Waals surface area contributed by atoms with Gasteiger partial charge in [-0.1, -0.05) is 13.8 Å². The van der Waals surface area contributed by atoms with Gasteiger partial charge in [0.2, 0.25) is 11.8 Å². The van der Waals surface area contributed by atoms with Crippen LogP contribution in [-0.2, 0) is 9.59 Å². The molecule has 2 N–H and O–H groups in total. The van der Waals surface area contributed by atoms with Crippen LogP contribution in [0.4, 0.5) is 4.79 Å². The molecule has 76 valence electrons. The average Bonchev–Trinajstić information content (AvgIpc) is 2.05. The molecule has 4 amide bonds. The second-order valence-corrected chi connectivity index (χ2v) is 3.03. The van der Waals surface area contributed by atoms with Crippen LogP contribution < -0.4 is 10.6 Å². The molecule has 1 heterocycles. The summed E-state index contributed by atoms with van der Waals surface area (Å²) in [6, 6.07) is -0.729. The van der Waals surface area contributed by atoms with Crippen LogP contribution in [0, 0.1) is 5.41 Å². The van der Waals surface area contributed by atoms with E-state index in [0.717, 1.165) is 0 Å². The Morgan fingerprint density at radius 3 is 1.64 bits per heavy atom. The van der Waals surface area contributed by atoms with Crippen LogP contribution in [0.5, 0.6) is 0 Å². The topological polar surface area (TPSA) is 75.3 Å². The third-order valence-electron chi connectivity index (χ3n) is 2.53. The number of hydrogen-bond acceptors (Lipinski definition) is 3. The van der Waals surface area contributed by atoms with Gasteiger partial charge in [0, 0.05) is 0 Å². The molecule has 0 saturated carbocycles. The fraction of sp³-hybridized carbons (Fsp3) is 0.625. The number of imide groups is 2. The van der Waals surface area contributed by atoms with Gasteiger partial charge in [-0.3, -0.25) is 20.2 Å². The summed E-state index contributed by atoms with van der Waals surface area (Å²) >= 11 is 0. The van der Waals surface area contributed by atoms with E-state index in [-0.39, 0.29) is 37.7 Å². The number of nitrogens with one attached hydrogen (secondary N) is 2. The van der Waals surface area contributed by atoms with E-state index >= 15 is 0 Å². The quantitative estimate of drug-likeness (QED) is 0.480. The van der Waals surface area contributed by atoms with Crippen LogP contribution >= 0.6 is 0 Å². The van der Waals surface area contributed by atoms with Crippen molar-refractivity contribution in [1.82, 2.24) is 10.6 Å². The fourth-order valence-corrected chi connectivity index (χ4v) is 1.47. The van der Waals surface area contributed by atoms with Gasteiger partial charge >= 0.3 is 43.8 Å². The Hall–Kier alpha value is -0.130. The van der Waals surface area contributed by atoms with E-state index < -0.39 is 23.3 Å². The van der Waals surface area contributed by atoms with Crippen molar-refractivity contribution in [2.45, 2.75) is 26.7 Å². The molecule has 0 unspecified atom stereocenters. The average molecular weight is 226 g/mol. The summed E-state index contributed by atoms with van der Waals surface area (Å²) in [6.07, 6.45) is 0.795. The summed E-state index contributed by atoms with van der Waals surface area (Å²) in [7, 11) is 0. The molecule has 0 spiro atoms. The molecule has 1 aliphatic rings. The van der Waals surface area contributed by atoms with Crippen LogP contribution in [0.1, 0.15) is 26.7 Å². The Labute approximate surface area is 112 Å². The summed E-state index contributed by atoms with van der Waals surface area (Å²) in [6.45, 7) is 3.50. The van der Waals surface area contributed by atoms with Gasteiger partial charge in [0.05, 0.1) is 0 Å². The molecule has 14 heavy (non-hydrogen) atoms. The molecule has 6 heteroatoms. The van der Waals surface area contributed by atoms with Crippen LogP contribution in [0.2, 0.25) is 0 Å². The molecule has 0 radical (unpaired) electrons. The normalized spacial score (nSPS) is 19.4. The number of rotatable bonds is 2. The van der Waals surface area contributed by atoms with Gasteiger partial charge in [-0.2, -0.15) is 0 Å². The Balaban J connectivity index is 0.00000169. The zero-order chi connectivity index (χ0) is 10.1. The number of carbonyl (C=O) groups is 3. The Morgan fingerprint density at radius 2 is 1.36 bits per heavy atom. The van der Waals surface area contributed by atoms with Gasteiger partial charge in [0.15, 0.2) is 0 Å². The van der Waals surface area contributed by atoms with Gasteiger partial charge < -0.3 is 0 Å². The van der Waals surface area contributed by atoms with Gasteiger partial charge in [-0.15, -0.1) is 0 Å². The molecule has 5 nitrogen and oxygen atoms in total. The SMILES string of the molecule is CCC1(CC)C(=O)NC(=O)NC1=O.[CaH2]. The minimum atomic E-state index is -1.06. The molecule has 1 rings (SSSR count). The minimum absolute atomic E-state index is 0. The van der Waals surface area contributed by atoms with Gasteiger partial charge in [-0.25, -0.2) is 4.79 Å². The van der Waals surface area contributed by atoms with E-state index in [1.54, 1.807) is 13.8 Å². The second kappa shape index (κ2) is 5.09. The number of urea groups is 1. The van der Waals surface area contributed by atoms with Crippen LogP contribution in [0.15, 0.2) is 0 Å². The van der Waals surface area contributed by atoms with Crippen molar-refractivity contribution < 1.29 is 14.4 Å². The first kappa shape index (κ1) is 13.9.